The fourth-order valence-corrected chi connectivity index (χ4v) is 3.45. The van der Waals surface area contributed by atoms with Crippen molar-refractivity contribution in [1.29, 1.82) is 0 Å². The Balaban J connectivity index is 1.51. The Morgan fingerprint density at radius 2 is 1.58 bits per heavy atom. The molecule has 1 saturated carbocycles. The van der Waals surface area contributed by atoms with Crippen LogP contribution in [0, 0.1) is 0 Å². The molecule has 0 saturated heterocycles. The van der Waals surface area contributed by atoms with Gasteiger partial charge in [-0.05, 0) is 36.0 Å². The zero-order valence-electron chi connectivity index (χ0n) is 15.0. The van der Waals surface area contributed by atoms with Crippen molar-refractivity contribution in [2.24, 2.45) is 0 Å². The van der Waals surface area contributed by atoms with E-state index in [4.69, 9.17) is 0 Å². The average Bonchev–Trinajstić information content (AvgIpc) is 2.72. The average molecular weight is 347 g/mol. The molecule has 0 atom stereocenters. The lowest BCUT2D eigenvalue weighted by Crippen LogP contribution is -2.20. The quantitative estimate of drug-likeness (QED) is 0.603. The minimum absolute atomic E-state index is 0.143. The van der Waals surface area contributed by atoms with Gasteiger partial charge in [-0.1, -0.05) is 73.9 Å². The van der Waals surface area contributed by atoms with Crippen LogP contribution in [0.4, 0.5) is 0 Å². The second kappa shape index (κ2) is 9.14. The summed E-state index contributed by atoms with van der Waals surface area (Å²) in [6, 6.07) is 17.6. The number of carbonyl (C=O) groups excluding carboxylic acids is 2. The van der Waals surface area contributed by atoms with Crippen LogP contribution in [0.15, 0.2) is 66.7 Å². The maximum Gasteiger partial charge on any atom is 0.244 e. The van der Waals surface area contributed by atoms with E-state index in [9.17, 15) is 9.59 Å². The lowest BCUT2D eigenvalue weighted by Gasteiger charge is -2.21. The van der Waals surface area contributed by atoms with Gasteiger partial charge in [-0.3, -0.25) is 9.59 Å². The van der Waals surface area contributed by atoms with Crippen LogP contribution in [0.1, 0.15) is 59.5 Å². The fourth-order valence-electron chi connectivity index (χ4n) is 3.45. The number of allylic oxidation sites excluding steroid dienone is 1. The van der Waals surface area contributed by atoms with Crippen LogP contribution in [-0.2, 0) is 11.3 Å². The summed E-state index contributed by atoms with van der Waals surface area (Å²) in [6.07, 6.45) is 9.07. The van der Waals surface area contributed by atoms with E-state index in [0.29, 0.717) is 18.0 Å². The first-order valence-corrected chi connectivity index (χ1v) is 9.36. The first-order chi connectivity index (χ1) is 12.7. The second-order valence-electron chi connectivity index (χ2n) is 6.86. The molecule has 26 heavy (non-hydrogen) atoms. The molecule has 0 heterocycles. The Hall–Kier alpha value is -2.68. The molecule has 0 unspecified atom stereocenters. The summed E-state index contributed by atoms with van der Waals surface area (Å²) in [5.74, 6) is 0.225. The van der Waals surface area contributed by atoms with Gasteiger partial charge in [-0.15, -0.1) is 0 Å². The van der Waals surface area contributed by atoms with Crippen LogP contribution in [-0.4, -0.2) is 11.7 Å². The van der Waals surface area contributed by atoms with Gasteiger partial charge >= 0.3 is 0 Å². The van der Waals surface area contributed by atoms with E-state index in [0.717, 1.165) is 5.56 Å². The third-order valence-corrected chi connectivity index (χ3v) is 4.97. The van der Waals surface area contributed by atoms with Crippen molar-refractivity contribution in [1.82, 2.24) is 5.32 Å². The second-order valence-corrected chi connectivity index (χ2v) is 6.86. The molecule has 2 aromatic carbocycles. The number of carbonyl (C=O) groups is 2. The van der Waals surface area contributed by atoms with Crippen LogP contribution < -0.4 is 5.32 Å². The van der Waals surface area contributed by atoms with Crippen molar-refractivity contribution >= 4 is 11.7 Å². The number of hydrogen-bond donors (Lipinski definition) is 1. The highest BCUT2D eigenvalue weighted by Gasteiger charge is 2.15. The van der Waals surface area contributed by atoms with Gasteiger partial charge in [0.2, 0.25) is 5.91 Å². The molecule has 0 spiro atoms. The van der Waals surface area contributed by atoms with Gasteiger partial charge in [0.1, 0.15) is 0 Å². The molecule has 2 aromatic rings. The molecule has 1 amide bonds. The highest BCUT2D eigenvalue weighted by Crippen LogP contribution is 2.32. The number of ketones is 1. The van der Waals surface area contributed by atoms with Crippen LogP contribution in [0.5, 0.6) is 0 Å². The maximum atomic E-state index is 12.2. The van der Waals surface area contributed by atoms with Gasteiger partial charge in [0.05, 0.1) is 0 Å². The molecule has 3 rings (SSSR count). The first-order valence-electron chi connectivity index (χ1n) is 9.36. The van der Waals surface area contributed by atoms with Crippen molar-refractivity contribution in [3.8, 4) is 0 Å². The molecular formula is C23H25NO2. The minimum atomic E-state index is -0.263. The molecule has 0 aliphatic heterocycles. The Bertz CT molecular complexity index is 757. The molecule has 134 valence electrons. The minimum Gasteiger partial charge on any atom is -0.348 e. The largest absolute Gasteiger partial charge is 0.348 e. The SMILES string of the molecule is O=C(/C=C/C(=O)c1ccc(C2CCCCC2)cc1)NCc1ccccc1. The summed E-state index contributed by atoms with van der Waals surface area (Å²) >= 11 is 0. The van der Waals surface area contributed by atoms with E-state index in [1.54, 1.807) is 0 Å². The smallest absolute Gasteiger partial charge is 0.244 e. The summed E-state index contributed by atoms with van der Waals surface area (Å²) in [5, 5.41) is 2.78. The van der Waals surface area contributed by atoms with Crippen LogP contribution in [0.25, 0.3) is 0 Å². The fraction of sp³-hybridized carbons (Fsp3) is 0.304. The normalized spacial score (nSPS) is 15.1. The Labute approximate surface area is 155 Å². The summed E-state index contributed by atoms with van der Waals surface area (Å²) in [5.41, 5.74) is 2.97. The third kappa shape index (κ3) is 5.16. The monoisotopic (exact) mass is 347 g/mol. The zero-order valence-corrected chi connectivity index (χ0v) is 15.0. The number of benzene rings is 2. The highest BCUT2D eigenvalue weighted by atomic mass is 16.1. The lowest BCUT2D eigenvalue weighted by molar-refractivity contribution is -0.116. The van der Waals surface area contributed by atoms with Crippen molar-refractivity contribution in [2.75, 3.05) is 0 Å². The summed E-state index contributed by atoms with van der Waals surface area (Å²) in [6.45, 7) is 0.453. The Morgan fingerprint density at radius 1 is 0.885 bits per heavy atom. The van der Waals surface area contributed by atoms with Crippen molar-refractivity contribution in [3.05, 3.63) is 83.4 Å². The van der Waals surface area contributed by atoms with Crippen LogP contribution in [0.3, 0.4) is 0 Å². The van der Waals surface area contributed by atoms with Gasteiger partial charge in [0, 0.05) is 18.2 Å². The molecule has 0 bridgehead atoms. The van der Waals surface area contributed by atoms with Crippen molar-refractivity contribution in [3.63, 3.8) is 0 Å². The molecular weight excluding hydrogens is 322 g/mol. The molecule has 3 heteroatoms. The van der Waals surface area contributed by atoms with Gasteiger partial charge in [0.25, 0.3) is 0 Å². The Morgan fingerprint density at radius 3 is 2.27 bits per heavy atom. The third-order valence-electron chi connectivity index (χ3n) is 4.97. The van der Waals surface area contributed by atoms with Crippen LogP contribution in [0.2, 0.25) is 0 Å². The Kier molecular flexibility index (Phi) is 6.37. The van der Waals surface area contributed by atoms with E-state index < -0.39 is 0 Å². The van der Waals surface area contributed by atoms with Crippen molar-refractivity contribution < 1.29 is 9.59 Å². The number of amides is 1. The number of nitrogens with one attached hydrogen (secondary N) is 1. The van der Waals surface area contributed by atoms with E-state index >= 15 is 0 Å². The van der Waals surface area contributed by atoms with E-state index in [1.807, 2.05) is 42.5 Å². The van der Waals surface area contributed by atoms with Crippen LogP contribution >= 0.6 is 0 Å². The standard InChI is InChI=1S/C23H25NO2/c25-22(15-16-23(26)24-17-18-7-3-1-4-8-18)21-13-11-20(12-14-21)19-9-5-2-6-10-19/h1,3-4,7-8,11-16,19H,2,5-6,9-10,17H2,(H,24,26)/b16-15+. The van der Waals surface area contributed by atoms with Gasteiger partial charge in [-0.2, -0.15) is 0 Å². The molecule has 1 aliphatic rings. The van der Waals surface area contributed by atoms with Gasteiger partial charge in [0.15, 0.2) is 5.78 Å². The lowest BCUT2D eigenvalue weighted by atomic mass is 9.84. The molecule has 0 aromatic heterocycles. The highest BCUT2D eigenvalue weighted by molar-refractivity contribution is 6.07. The maximum absolute atomic E-state index is 12.2. The topological polar surface area (TPSA) is 46.2 Å². The zero-order chi connectivity index (χ0) is 18.2. The predicted octanol–water partition coefficient (Wildman–Crippen LogP) is 4.79. The number of hydrogen-bond acceptors (Lipinski definition) is 2. The summed E-state index contributed by atoms with van der Waals surface area (Å²) in [4.78, 5) is 24.1. The van der Waals surface area contributed by atoms with E-state index in [-0.39, 0.29) is 11.7 Å². The van der Waals surface area contributed by atoms with Gasteiger partial charge in [-0.25, -0.2) is 0 Å². The number of rotatable bonds is 6. The molecule has 0 radical (unpaired) electrons. The summed E-state index contributed by atoms with van der Waals surface area (Å²) < 4.78 is 0. The van der Waals surface area contributed by atoms with E-state index in [1.165, 1.54) is 49.8 Å². The first kappa shape index (κ1) is 18.1. The van der Waals surface area contributed by atoms with E-state index in [2.05, 4.69) is 17.4 Å². The van der Waals surface area contributed by atoms with Crippen molar-refractivity contribution in [2.45, 2.75) is 44.6 Å². The molecule has 3 nitrogen and oxygen atoms in total. The summed E-state index contributed by atoms with van der Waals surface area (Å²) in [7, 11) is 0. The molecule has 1 aliphatic carbocycles. The molecule has 1 fully saturated rings. The predicted molar refractivity (Wildman–Crippen MR) is 104 cm³/mol. The van der Waals surface area contributed by atoms with Gasteiger partial charge < -0.3 is 5.32 Å². The molecule has 1 N–H and O–H groups in total.